The van der Waals surface area contributed by atoms with Crippen LogP contribution in [0.1, 0.15) is 17.9 Å². The van der Waals surface area contributed by atoms with Crippen molar-refractivity contribution in [2.45, 2.75) is 25.8 Å². The lowest BCUT2D eigenvalue weighted by Gasteiger charge is -2.32. The van der Waals surface area contributed by atoms with Crippen molar-refractivity contribution in [2.24, 2.45) is 0 Å². The molecule has 8 heteroatoms. The van der Waals surface area contributed by atoms with Crippen molar-refractivity contribution in [1.29, 1.82) is 0 Å². The summed E-state index contributed by atoms with van der Waals surface area (Å²) in [7, 11) is 0. The molecule has 2 aromatic rings. The van der Waals surface area contributed by atoms with Crippen LogP contribution in [0.2, 0.25) is 0 Å². The number of carbonyl (C=O) groups is 1. The number of aromatic nitrogens is 1. The Labute approximate surface area is 178 Å². The molecule has 2 aliphatic heterocycles. The number of likely N-dealkylation sites (tertiary alicyclic amines) is 1. The summed E-state index contributed by atoms with van der Waals surface area (Å²) in [6, 6.07) is 10.3. The fourth-order valence-corrected chi connectivity index (χ4v) is 3.86. The summed E-state index contributed by atoms with van der Waals surface area (Å²) in [6.07, 6.45) is 1.38. The number of hydrogen-bond acceptors (Lipinski definition) is 5. The highest BCUT2D eigenvalue weighted by molar-refractivity contribution is 5.85. The summed E-state index contributed by atoms with van der Waals surface area (Å²) in [5.74, 6) is 1.47. The second-order valence-electron chi connectivity index (χ2n) is 7.13. The summed E-state index contributed by atoms with van der Waals surface area (Å²) >= 11 is 0. The quantitative estimate of drug-likeness (QED) is 0.813. The first kappa shape index (κ1) is 22.7. The normalized spacial score (nSPS) is 19.8. The van der Waals surface area contributed by atoms with Gasteiger partial charge < -0.3 is 14.6 Å². The zero-order valence-electron chi connectivity index (χ0n) is 16.1. The number of piperazine rings is 1. The minimum Gasteiger partial charge on any atom is -0.441 e. The molecule has 2 fully saturated rings. The number of nitrogens with one attached hydrogen (secondary N) is 1. The number of oxazole rings is 1. The topological polar surface area (TPSA) is 61.6 Å². The number of benzene rings is 1. The van der Waals surface area contributed by atoms with Crippen LogP contribution in [-0.4, -0.2) is 66.0 Å². The molecule has 2 aliphatic rings. The van der Waals surface area contributed by atoms with E-state index < -0.39 is 0 Å². The summed E-state index contributed by atoms with van der Waals surface area (Å²) in [5, 5.41) is 3.39. The third-order valence-electron chi connectivity index (χ3n) is 5.42. The molecule has 1 N–H and O–H groups in total. The molecule has 4 rings (SSSR count). The van der Waals surface area contributed by atoms with E-state index in [9.17, 15) is 4.79 Å². The number of nitrogens with zero attached hydrogens (tertiary/aromatic N) is 3. The molecule has 1 unspecified atom stereocenters. The van der Waals surface area contributed by atoms with Gasteiger partial charge in [0, 0.05) is 50.9 Å². The average molecular weight is 427 g/mol. The van der Waals surface area contributed by atoms with Gasteiger partial charge in [-0.1, -0.05) is 18.2 Å². The number of carbonyl (C=O) groups excluding carboxylic acids is 1. The third kappa shape index (κ3) is 5.06. The van der Waals surface area contributed by atoms with Crippen LogP contribution in [0.15, 0.2) is 34.7 Å². The molecule has 154 valence electrons. The number of rotatable bonds is 4. The van der Waals surface area contributed by atoms with Gasteiger partial charge in [0.05, 0.1) is 12.1 Å². The lowest BCUT2D eigenvalue weighted by atomic mass is 10.2. The van der Waals surface area contributed by atoms with Gasteiger partial charge in [-0.15, -0.1) is 24.8 Å². The van der Waals surface area contributed by atoms with Gasteiger partial charge in [-0.05, 0) is 25.5 Å². The molecular weight excluding hydrogens is 399 g/mol. The molecular formula is C20H28Cl2N4O2. The summed E-state index contributed by atoms with van der Waals surface area (Å²) < 4.78 is 5.78. The maximum atomic E-state index is 12.8. The Kier molecular flexibility index (Phi) is 8.31. The Hall–Kier alpha value is -1.60. The second kappa shape index (κ2) is 10.3. The lowest BCUT2D eigenvalue weighted by molar-refractivity contribution is -0.129. The Bertz CT molecular complexity index is 763. The van der Waals surface area contributed by atoms with Gasteiger partial charge in [0.25, 0.3) is 0 Å². The minimum atomic E-state index is 0. The molecule has 0 bridgehead atoms. The molecule has 0 saturated carbocycles. The van der Waals surface area contributed by atoms with Crippen molar-refractivity contribution < 1.29 is 9.21 Å². The van der Waals surface area contributed by atoms with E-state index in [1.54, 1.807) is 0 Å². The van der Waals surface area contributed by atoms with E-state index in [1.807, 2.05) is 42.2 Å². The smallest absolute Gasteiger partial charge is 0.228 e. The monoisotopic (exact) mass is 426 g/mol. The van der Waals surface area contributed by atoms with Crippen molar-refractivity contribution in [1.82, 2.24) is 20.1 Å². The Balaban J connectivity index is 0.00000140. The number of hydrogen-bond donors (Lipinski definition) is 1. The number of halogens is 2. The largest absolute Gasteiger partial charge is 0.441 e. The highest BCUT2D eigenvalue weighted by atomic mass is 35.5. The zero-order chi connectivity index (χ0) is 17.9. The maximum absolute atomic E-state index is 12.8. The fourth-order valence-electron chi connectivity index (χ4n) is 3.86. The van der Waals surface area contributed by atoms with E-state index in [1.165, 1.54) is 0 Å². The van der Waals surface area contributed by atoms with Crippen LogP contribution < -0.4 is 5.32 Å². The lowest BCUT2D eigenvalue weighted by Crippen LogP contribution is -2.49. The molecule has 0 spiro atoms. The van der Waals surface area contributed by atoms with Gasteiger partial charge in [0.2, 0.25) is 11.8 Å². The first-order valence-electron chi connectivity index (χ1n) is 9.45. The Morgan fingerprint density at radius 3 is 2.61 bits per heavy atom. The van der Waals surface area contributed by atoms with E-state index in [4.69, 9.17) is 4.42 Å². The molecule has 1 aromatic heterocycles. The highest BCUT2D eigenvalue weighted by Gasteiger charge is 2.31. The predicted octanol–water partition coefficient (Wildman–Crippen LogP) is 2.54. The highest BCUT2D eigenvalue weighted by Crippen LogP contribution is 2.23. The molecule has 28 heavy (non-hydrogen) atoms. The van der Waals surface area contributed by atoms with E-state index in [0.717, 1.165) is 62.7 Å². The summed E-state index contributed by atoms with van der Waals surface area (Å²) in [5.41, 5.74) is 1.69. The maximum Gasteiger partial charge on any atom is 0.228 e. The van der Waals surface area contributed by atoms with Crippen LogP contribution in [0.5, 0.6) is 0 Å². The zero-order valence-corrected chi connectivity index (χ0v) is 17.7. The van der Waals surface area contributed by atoms with Crippen molar-refractivity contribution in [2.75, 3.05) is 39.3 Å². The van der Waals surface area contributed by atoms with Gasteiger partial charge in [0.1, 0.15) is 5.76 Å². The minimum absolute atomic E-state index is 0. The van der Waals surface area contributed by atoms with Gasteiger partial charge >= 0.3 is 0 Å². The molecule has 6 nitrogen and oxygen atoms in total. The third-order valence-corrected chi connectivity index (χ3v) is 5.42. The number of aryl methyl sites for hydroxylation is 1. The van der Waals surface area contributed by atoms with E-state index in [2.05, 4.69) is 15.2 Å². The SMILES string of the molecule is Cc1oc(-c2ccccc2)nc1CC(=O)N1CCC(N2CCNCC2)C1.Cl.Cl. The average Bonchev–Trinajstić information content (AvgIpc) is 3.31. The molecule has 2 saturated heterocycles. The van der Waals surface area contributed by atoms with Crippen LogP contribution in [-0.2, 0) is 11.2 Å². The van der Waals surface area contributed by atoms with Gasteiger partial charge in [-0.3, -0.25) is 9.69 Å². The summed E-state index contributed by atoms with van der Waals surface area (Å²) in [4.78, 5) is 21.8. The van der Waals surface area contributed by atoms with Crippen molar-refractivity contribution in [3.05, 3.63) is 41.8 Å². The first-order valence-corrected chi connectivity index (χ1v) is 9.45. The van der Waals surface area contributed by atoms with E-state index >= 15 is 0 Å². The molecule has 1 atom stereocenters. The van der Waals surface area contributed by atoms with Crippen molar-refractivity contribution in [3.8, 4) is 11.5 Å². The Morgan fingerprint density at radius 2 is 1.89 bits per heavy atom. The van der Waals surface area contributed by atoms with Crippen LogP contribution in [0, 0.1) is 6.92 Å². The van der Waals surface area contributed by atoms with Gasteiger partial charge in [-0.2, -0.15) is 0 Å². The molecule has 1 aromatic carbocycles. The van der Waals surface area contributed by atoms with Crippen LogP contribution in [0.3, 0.4) is 0 Å². The second-order valence-corrected chi connectivity index (χ2v) is 7.13. The number of amides is 1. The standard InChI is InChI=1S/C20H26N4O2.2ClH/c1-15-18(22-20(26-15)16-5-3-2-4-6-16)13-19(25)24-10-7-17(14-24)23-11-8-21-9-12-23;;/h2-6,17,21H,7-14H2,1H3;2*1H. The fraction of sp³-hybridized carbons (Fsp3) is 0.500. The van der Waals surface area contributed by atoms with Gasteiger partial charge in [-0.25, -0.2) is 4.98 Å². The van der Waals surface area contributed by atoms with Crippen LogP contribution >= 0.6 is 24.8 Å². The Morgan fingerprint density at radius 1 is 1.18 bits per heavy atom. The van der Waals surface area contributed by atoms with E-state index in [0.29, 0.717) is 18.4 Å². The van der Waals surface area contributed by atoms with Crippen molar-refractivity contribution in [3.63, 3.8) is 0 Å². The summed E-state index contributed by atoms with van der Waals surface area (Å²) in [6.45, 7) is 7.81. The molecule has 1 amide bonds. The predicted molar refractivity (Wildman–Crippen MR) is 114 cm³/mol. The first-order chi connectivity index (χ1) is 12.7. The van der Waals surface area contributed by atoms with E-state index in [-0.39, 0.29) is 30.7 Å². The van der Waals surface area contributed by atoms with Crippen LogP contribution in [0.25, 0.3) is 11.5 Å². The molecule has 0 radical (unpaired) electrons. The van der Waals surface area contributed by atoms with Crippen LogP contribution in [0.4, 0.5) is 0 Å². The van der Waals surface area contributed by atoms with Gasteiger partial charge in [0.15, 0.2) is 0 Å². The van der Waals surface area contributed by atoms with Crippen molar-refractivity contribution >= 4 is 30.7 Å². The molecule has 0 aliphatic carbocycles. The molecule has 3 heterocycles.